The largest absolute Gasteiger partial charge is 0.294 e. The highest BCUT2D eigenvalue weighted by molar-refractivity contribution is 6.27. The second-order valence-corrected chi connectivity index (χ2v) is 7.27. The highest BCUT2D eigenvalue weighted by Crippen LogP contribution is 2.39. The van der Waals surface area contributed by atoms with Crippen LogP contribution in [-0.4, -0.2) is 17.3 Å². The molecule has 0 saturated heterocycles. The maximum Gasteiger partial charge on any atom is 0.175 e. The zero-order valence-electron chi connectivity index (χ0n) is 15.6. The summed E-state index contributed by atoms with van der Waals surface area (Å²) >= 11 is 0. The van der Waals surface area contributed by atoms with Crippen LogP contribution in [0.5, 0.6) is 0 Å². The van der Waals surface area contributed by atoms with Crippen molar-refractivity contribution in [1.82, 2.24) is 0 Å². The Labute approximate surface area is 164 Å². The third kappa shape index (κ3) is 3.20. The van der Waals surface area contributed by atoms with E-state index in [9.17, 15) is 14.4 Å². The van der Waals surface area contributed by atoms with Crippen LogP contribution in [0, 0.1) is 12.8 Å². The van der Waals surface area contributed by atoms with Gasteiger partial charge in [-0.15, -0.1) is 0 Å². The fourth-order valence-electron chi connectivity index (χ4n) is 4.00. The first kappa shape index (κ1) is 18.1. The van der Waals surface area contributed by atoms with Crippen molar-refractivity contribution in [3.63, 3.8) is 0 Å². The lowest BCUT2D eigenvalue weighted by atomic mass is 9.79. The number of rotatable bonds is 5. The fraction of sp³-hybridized carbons (Fsp3) is 0.160. The Balaban J connectivity index is 1.73. The van der Waals surface area contributed by atoms with Crippen molar-refractivity contribution in [2.45, 2.75) is 19.3 Å². The Kier molecular flexibility index (Phi) is 4.74. The molecule has 0 amide bonds. The molecule has 3 aromatic carbocycles. The molecule has 0 spiro atoms. The van der Waals surface area contributed by atoms with Crippen LogP contribution in [0.2, 0.25) is 0 Å². The van der Waals surface area contributed by atoms with Gasteiger partial charge in [-0.25, -0.2) is 0 Å². The second-order valence-electron chi connectivity index (χ2n) is 7.27. The van der Waals surface area contributed by atoms with Gasteiger partial charge < -0.3 is 0 Å². The molecule has 138 valence electrons. The number of carbonyl (C=O) groups excluding carboxylic acids is 3. The van der Waals surface area contributed by atoms with Gasteiger partial charge in [0.15, 0.2) is 17.3 Å². The molecule has 0 radical (unpaired) electrons. The van der Waals surface area contributed by atoms with Gasteiger partial charge in [-0.3, -0.25) is 14.4 Å². The Bertz CT molecular complexity index is 1030. The van der Waals surface area contributed by atoms with Crippen LogP contribution >= 0.6 is 0 Å². The maximum atomic E-state index is 13.1. The lowest BCUT2D eigenvalue weighted by molar-refractivity contribution is 0.0802. The number of Topliss-reactive ketones (excluding diaryl/α,β-unsaturated/α-hetero) is 3. The molecule has 1 aliphatic rings. The van der Waals surface area contributed by atoms with Crippen LogP contribution in [0.25, 0.3) is 0 Å². The standard InChI is InChI=1S/C25H20O3/c1-16-8-7-11-18(14-16)22(26)15-21(17-9-3-2-4-10-17)23-24(27)19-12-5-6-13-20(19)25(23)28/h2-14,21,23H,15H2,1H3/t21-/m1/s1. The molecule has 1 atom stereocenters. The third-order valence-electron chi connectivity index (χ3n) is 5.40. The van der Waals surface area contributed by atoms with E-state index >= 15 is 0 Å². The predicted octanol–water partition coefficient (Wildman–Crippen LogP) is 5.05. The van der Waals surface area contributed by atoms with Crippen LogP contribution < -0.4 is 0 Å². The molecule has 28 heavy (non-hydrogen) atoms. The molecule has 0 bridgehead atoms. The summed E-state index contributed by atoms with van der Waals surface area (Å²) in [5.41, 5.74) is 3.37. The van der Waals surface area contributed by atoms with Gasteiger partial charge in [-0.1, -0.05) is 78.4 Å². The number of carbonyl (C=O) groups is 3. The Morgan fingerprint density at radius 1 is 0.821 bits per heavy atom. The molecule has 1 aliphatic carbocycles. The van der Waals surface area contributed by atoms with Gasteiger partial charge in [0.05, 0.1) is 5.92 Å². The minimum Gasteiger partial charge on any atom is -0.294 e. The Morgan fingerprint density at radius 2 is 1.43 bits per heavy atom. The molecule has 0 fully saturated rings. The minimum absolute atomic E-state index is 0.0610. The lowest BCUT2D eigenvalue weighted by Crippen LogP contribution is -2.26. The number of benzene rings is 3. The van der Waals surface area contributed by atoms with Crippen LogP contribution in [0.1, 0.15) is 54.5 Å². The van der Waals surface area contributed by atoms with Gasteiger partial charge in [-0.2, -0.15) is 0 Å². The van der Waals surface area contributed by atoms with Crippen molar-refractivity contribution in [2.75, 3.05) is 0 Å². The summed E-state index contributed by atoms with van der Waals surface area (Å²) < 4.78 is 0. The quantitative estimate of drug-likeness (QED) is 0.468. The minimum atomic E-state index is -0.853. The van der Waals surface area contributed by atoms with Crippen molar-refractivity contribution in [3.8, 4) is 0 Å². The third-order valence-corrected chi connectivity index (χ3v) is 5.40. The van der Waals surface area contributed by atoms with Gasteiger partial charge in [-0.05, 0) is 18.6 Å². The molecule has 0 aromatic heterocycles. The topological polar surface area (TPSA) is 51.2 Å². The highest BCUT2D eigenvalue weighted by atomic mass is 16.2. The molecule has 4 rings (SSSR count). The van der Waals surface area contributed by atoms with Crippen LogP contribution in [0.4, 0.5) is 0 Å². The summed E-state index contributed by atoms with van der Waals surface area (Å²) in [5.74, 6) is -1.78. The van der Waals surface area contributed by atoms with E-state index in [2.05, 4.69) is 0 Å². The van der Waals surface area contributed by atoms with Gasteiger partial charge in [0.1, 0.15) is 0 Å². The van der Waals surface area contributed by atoms with Gasteiger partial charge in [0.25, 0.3) is 0 Å². The number of fused-ring (bicyclic) bond motifs is 1. The molecule has 3 aromatic rings. The first-order valence-electron chi connectivity index (χ1n) is 9.38. The van der Waals surface area contributed by atoms with Gasteiger partial charge >= 0.3 is 0 Å². The van der Waals surface area contributed by atoms with E-state index in [-0.39, 0.29) is 23.8 Å². The van der Waals surface area contributed by atoms with Crippen LogP contribution in [-0.2, 0) is 0 Å². The molecular formula is C25H20O3. The normalized spacial score (nSPS) is 14.8. The van der Waals surface area contributed by atoms with E-state index in [1.165, 1.54) is 0 Å². The molecule has 3 heteroatoms. The summed E-state index contributed by atoms with van der Waals surface area (Å²) in [7, 11) is 0. The lowest BCUT2D eigenvalue weighted by Gasteiger charge is -2.21. The first-order chi connectivity index (χ1) is 13.6. The Morgan fingerprint density at radius 3 is 2.04 bits per heavy atom. The second kappa shape index (κ2) is 7.35. The van der Waals surface area contributed by atoms with Crippen molar-refractivity contribution >= 4 is 17.3 Å². The average molecular weight is 368 g/mol. The molecule has 3 nitrogen and oxygen atoms in total. The fourth-order valence-corrected chi connectivity index (χ4v) is 4.00. The van der Waals surface area contributed by atoms with E-state index in [1.54, 1.807) is 30.3 Å². The highest BCUT2D eigenvalue weighted by Gasteiger charge is 2.44. The van der Waals surface area contributed by atoms with E-state index in [0.29, 0.717) is 16.7 Å². The van der Waals surface area contributed by atoms with Crippen molar-refractivity contribution in [3.05, 3.63) is 107 Å². The zero-order chi connectivity index (χ0) is 19.7. The van der Waals surface area contributed by atoms with Crippen LogP contribution in [0.15, 0.2) is 78.9 Å². The van der Waals surface area contributed by atoms with E-state index in [1.807, 2.05) is 55.5 Å². The summed E-state index contributed by atoms with van der Waals surface area (Å²) in [6, 6.07) is 23.7. The summed E-state index contributed by atoms with van der Waals surface area (Å²) in [6.45, 7) is 1.94. The number of ketones is 3. The molecule has 0 saturated carbocycles. The van der Waals surface area contributed by atoms with Crippen molar-refractivity contribution in [1.29, 1.82) is 0 Å². The first-order valence-corrected chi connectivity index (χ1v) is 9.38. The van der Waals surface area contributed by atoms with Crippen molar-refractivity contribution in [2.24, 2.45) is 5.92 Å². The maximum absolute atomic E-state index is 13.1. The SMILES string of the molecule is Cc1cccc(C(=O)C[C@H](c2ccccc2)C2C(=O)c3ccccc3C2=O)c1. The van der Waals surface area contributed by atoms with Gasteiger partial charge in [0.2, 0.25) is 0 Å². The average Bonchev–Trinajstić information content (AvgIpc) is 2.97. The van der Waals surface area contributed by atoms with Gasteiger partial charge in [0, 0.05) is 29.0 Å². The van der Waals surface area contributed by atoms with E-state index in [0.717, 1.165) is 11.1 Å². The molecule has 0 aliphatic heterocycles. The molecular weight excluding hydrogens is 348 g/mol. The predicted molar refractivity (Wildman–Crippen MR) is 108 cm³/mol. The number of hydrogen-bond acceptors (Lipinski definition) is 3. The van der Waals surface area contributed by atoms with Crippen LogP contribution in [0.3, 0.4) is 0 Å². The number of hydrogen-bond donors (Lipinski definition) is 0. The van der Waals surface area contributed by atoms with E-state index < -0.39 is 11.8 Å². The molecule has 0 unspecified atom stereocenters. The van der Waals surface area contributed by atoms with Crippen molar-refractivity contribution < 1.29 is 14.4 Å². The monoisotopic (exact) mass is 368 g/mol. The van der Waals surface area contributed by atoms with E-state index in [4.69, 9.17) is 0 Å². The smallest absolute Gasteiger partial charge is 0.175 e. The Hall–Kier alpha value is -3.33. The summed E-state index contributed by atoms with van der Waals surface area (Å²) in [5, 5.41) is 0. The summed E-state index contributed by atoms with van der Waals surface area (Å²) in [4.78, 5) is 39.1. The molecule has 0 heterocycles. The zero-order valence-corrected chi connectivity index (χ0v) is 15.6. The summed E-state index contributed by atoms with van der Waals surface area (Å²) in [6.07, 6.45) is 0.115. The number of aryl methyl sites for hydroxylation is 1. The molecule has 0 N–H and O–H groups in total.